The number of carbonyl (C=O) groups is 3. The number of carbonyl (C=O) groups excluding carboxylic acids is 3. The zero-order valence-corrected chi connectivity index (χ0v) is 16.4. The lowest BCUT2D eigenvalue weighted by atomic mass is 10.1. The van der Waals surface area contributed by atoms with Gasteiger partial charge in [-0.15, -0.1) is 0 Å². The molecule has 1 fully saturated rings. The van der Waals surface area contributed by atoms with Crippen LogP contribution in [-0.2, 0) is 20.9 Å². The summed E-state index contributed by atoms with van der Waals surface area (Å²) in [5, 5.41) is 10.9. The number of aryl methyl sites for hydroxylation is 1. The van der Waals surface area contributed by atoms with E-state index >= 15 is 0 Å². The van der Waals surface area contributed by atoms with E-state index in [9.17, 15) is 14.4 Å². The molecule has 1 aliphatic rings. The molecule has 3 heterocycles. The number of amides is 3. The Balaban J connectivity index is 1.81. The molecule has 0 spiro atoms. The van der Waals surface area contributed by atoms with E-state index in [0.717, 1.165) is 18.2 Å². The summed E-state index contributed by atoms with van der Waals surface area (Å²) < 4.78 is 7.15. The molecule has 0 bridgehead atoms. The van der Waals surface area contributed by atoms with Gasteiger partial charge in [-0.3, -0.25) is 25.2 Å². The van der Waals surface area contributed by atoms with Crippen molar-refractivity contribution in [1.82, 2.24) is 30.9 Å². The van der Waals surface area contributed by atoms with Crippen molar-refractivity contribution in [1.29, 1.82) is 0 Å². The van der Waals surface area contributed by atoms with E-state index in [1.54, 1.807) is 10.9 Å². The van der Waals surface area contributed by atoms with Crippen molar-refractivity contribution in [2.24, 2.45) is 0 Å². The first-order valence-electron chi connectivity index (χ1n) is 9.52. The maximum atomic E-state index is 12.7. The second-order valence-corrected chi connectivity index (χ2v) is 6.69. The minimum absolute atomic E-state index is 0.153. The molecule has 0 saturated carbocycles. The maximum absolute atomic E-state index is 12.7. The van der Waals surface area contributed by atoms with Gasteiger partial charge in [0, 0.05) is 38.9 Å². The Morgan fingerprint density at radius 3 is 2.66 bits per heavy atom. The van der Waals surface area contributed by atoms with Gasteiger partial charge in [0.1, 0.15) is 0 Å². The first-order valence-corrected chi connectivity index (χ1v) is 9.52. The Labute approximate surface area is 167 Å². The van der Waals surface area contributed by atoms with Gasteiger partial charge in [0.25, 0.3) is 11.8 Å². The van der Waals surface area contributed by atoms with Gasteiger partial charge in [0.15, 0.2) is 5.65 Å². The highest BCUT2D eigenvalue weighted by atomic mass is 16.5. The van der Waals surface area contributed by atoms with Crippen LogP contribution in [0.2, 0.25) is 0 Å². The van der Waals surface area contributed by atoms with Crippen LogP contribution in [-0.4, -0.2) is 58.3 Å². The van der Waals surface area contributed by atoms with E-state index < -0.39 is 11.8 Å². The topological polar surface area (TPSA) is 139 Å². The Hall–Kier alpha value is -3.21. The van der Waals surface area contributed by atoms with Gasteiger partial charge in [-0.1, -0.05) is 0 Å². The average Bonchev–Trinajstić information content (AvgIpc) is 3.15. The fraction of sp³-hybridized carbons (Fsp3) is 0.500. The second-order valence-electron chi connectivity index (χ2n) is 6.69. The molecule has 0 aliphatic carbocycles. The van der Waals surface area contributed by atoms with Gasteiger partial charge in [-0.2, -0.15) is 5.10 Å². The summed E-state index contributed by atoms with van der Waals surface area (Å²) in [5.74, 6) is -1.40. The fourth-order valence-electron chi connectivity index (χ4n) is 3.07. The Morgan fingerprint density at radius 2 is 1.97 bits per heavy atom. The summed E-state index contributed by atoms with van der Waals surface area (Å²) in [7, 11) is 0. The van der Waals surface area contributed by atoms with Crippen LogP contribution in [0.15, 0.2) is 12.4 Å². The van der Waals surface area contributed by atoms with E-state index in [-0.39, 0.29) is 18.5 Å². The lowest BCUT2D eigenvalue weighted by molar-refractivity contribution is -0.125. The summed E-state index contributed by atoms with van der Waals surface area (Å²) in [4.78, 5) is 39.7. The maximum Gasteiger partial charge on any atom is 0.273 e. The van der Waals surface area contributed by atoms with Crippen LogP contribution in [0.5, 0.6) is 0 Å². The molecule has 0 unspecified atom stereocenters. The van der Waals surface area contributed by atoms with Crippen LogP contribution in [0.3, 0.4) is 0 Å². The summed E-state index contributed by atoms with van der Waals surface area (Å²) in [6.45, 7) is 4.99. The van der Waals surface area contributed by atoms with Crippen molar-refractivity contribution in [3.8, 4) is 0 Å². The summed E-state index contributed by atoms with van der Waals surface area (Å²) in [6.07, 6.45) is 4.78. The predicted molar refractivity (Wildman–Crippen MR) is 105 cm³/mol. The average molecular weight is 403 g/mol. The molecule has 0 atom stereocenters. The third-order valence-electron chi connectivity index (χ3n) is 4.59. The smallest absolute Gasteiger partial charge is 0.273 e. The van der Waals surface area contributed by atoms with Gasteiger partial charge in [-0.25, -0.2) is 9.67 Å². The SMILES string of the molecule is CCn1ncc2c(NC3CCOCC3)c(C(=O)NNC(=O)CNC(C)=O)cnc21. The first-order chi connectivity index (χ1) is 14.0. The number of hydrogen-bond acceptors (Lipinski definition) is 7. The van der Waals surface area contributed by atoms with E-state index in [1.807, 2.05) is 6.92 Å². The van der Waals surface area contributed by atoms with Gasteiger partial charge < -0.3 is 15.4 Å². The molecule has 1 aliphatic heterocycles. The molecule has 4 N–H and O–H groups in total. The Bertz CT molecular complexity index is 905. The van der Waals surface area contributed by atoms with Gasteiger partial charge >= 0.3 is 0 Å². The molecule has 2 aromatic heterocycles. The van der Waals surface area contributed by atoms with E-state index in [4.69, 9.17) is 4.74 Å². The molecule has 0 radical (unpaired) electrons. The second kappa shape index (κ2) is 9.32. The van der Waals surface area contributed by atoms with Crippen LogP contribution in [0, 0.1) is 0 Å². The zero-order valence-electron chi connectivity index (χ0n) is 16.4. The van der Waals surface area contributed by atoms with Crippen LogP contribution in [0.25, 0.3) is 11.0 Å². The number of hydrogen-bond donors (Lipinski definition) is 4. The van der Waals surface area contributed by atoms with Crippen molar-refractivity contribution in [2.75, 3.05) is 25.1 Å². The molecule has 1 saturated heterocycles. The summed E-state index contributed by atoms with van der Waals surface area (Å²) in [6, 6.07) is 0.153. The van der Waals surface area contributed by atoms with E-state index in [0.29, 0.717) is 36.7 Å². The van der Waals surface area contributed by atoms with E-state index in [2.05, 4.69) is 31.6 Å². The minimum Gasteiger partial charge on any atom is -0.381 e. The molecule has 0 aromatic carbocycles. The molecule has 2 aromatic rings. The van der Waals surface area contributed by atoms with Crippen LogP contribution in [0.4, 0.5) is 5.69 Å². The third-order valence-corrected chi connectivity index (χ3v) is 4.59. The van der Waals surface area contributed by atoms with Crippen molar-refractivity contribution in [3.63, 3.8) is 0 Å². The number of hydrazine groups is 1. The van der Waals surface area contributed by atoms with Crippen LogP contribution >= 0.6 is 0 Å². The number of rotatable bonds is 6. The van der Waals surface area contributed by atoms with Gasteiger partial charge in [0.05, 0.1) is 29.4 Å². The van der Waals surface area contributed by atoms with Gasteiger partial charge in [-0.05, 0) is 19.8 Å². The molecule has 29 heavy (non-hydrogen) atoms. The largest absolute Gasteiger partial charge is 0.381 e. The lowest BCUT2D eigenvalue weighted by Gasteiger charge is -2.25. The van der Waals surface area contributed by atoms with Gasteiger partial charge in [0.2, 0.25) is 5.91 Å². The highest BCUT2D eigenvalue weighted by molar-refractivity contribution is 6.06. The molecule has 11 nitrogen and oxygen atoms in total. The molecular weight excluding hydrogens is 378 g/mol. The summed E-state index contributed by atoms with van der Waals surface area (Å²) in [5.41, 5.74) is 6.23. The molecule has 3 amide bonds. The third kappa shape index (κ3) is 4.99. The molecular formula is C18H25N7O4. The normalized spacial score (nSPS) is 14.4. The number of pyridine rings is 1. The standard InChI is InChI=1S/C18H25N7O4/c1-3-25-17-13(9-21-25)16(22-12-4-6-29-7-5-12)14(8-20-17)18(28)24-23-15(27)10-19-11(2)26/h8-9,12H,3-7,10H2,1-2H3,(H,19,26)(H,20,22)(H,23,27)(H,24,28). The van der Waals surface area contributed by atoms with Crippen molar-refractivity contribution in [3.05, 3.63) is 18.0 Å². The van der Waals surface area contributed by atoms with Crippen molar-refractivity contribution < 1.29 is 19.1 Å². The van der Waals surface area contributed by atoms with E-state index in [1.165, 1.54) is 13.1 Å². The number of nitrogens with zero attached hydrogens (tertiary/aromatic N) is 3. The van der Waals surface area contributed by atoms with Crippen LogP contribution < -0.4 is 21.5 Å². The quantitative estimate of drug-likeness (QED) is 0.496. The van der Waals surface area contributed by atoms with Crippen LogP contribution in [0.1, 0.15) is 37.0 Å². The Kier molecular flexibility index (Phi) is 6.60. The number of ether oxygens (including phenoxy) is 1. The summed E-state index contributed by atoms with van der Waals surface area (Å²) >= 11 is 0. The fourth-order valence-corrected chi connectivity index (χ4v) is 3.07. The van der Waals surface area contributed by atoms with Crippen molar-refractivity contribution in [2.45, 2.75) is 39.3 Å². The molecule has 156 valence electrons. The molecule has 3 rings (SSSR count). The zero-order chi connectivity index (χ0) is 20.8. The number of nitrogens with one attached hydrogen (secondary N) is 4. The highest BCUT2D eigenvalue weighted by Gasteiger charge is 2.22. The number of fused-ring (bicyclic) bond motifs is 1. The Morgan fingerprint density at radius 1 is 1.21 bits per heavy atom. The van der Waals surface area contributed by atoms with Crippen molar-refractivity contribution >= 4 is 34.4 Å². The minimum atomic E-state index is -0.541. The monoisotopic (exact) mass is 403 g/mol. The number of anilines is 1. The predicted octanol–water partition coefficient (Wildman–Crippen LogP) is -0.0608. The lowest BCUT2D eigenvalue weighted by Crippen LogP contribution is -2.46. The molecule has 11 heteroatoms. The highest BCUT2D eigenvalue weighted by Crippen LogP contribution is 2.28. The number of aromatic nitrogens is 3. The first kappa shape index (κ1) is 20.5.